The van der Waals surface area contributed by atoms with E-state index in [1.54, 1.807) is 50.8 Å². The number of carbonyl (C=O) groups is 3. The van der Waals surface area contributed by atoms with Gasteiger partial charge in [0.25, 0.3) is 0 Å². The molecule has 2 aliphatic rings. The molecule has 3 amide bonds. The molecule has 0 aromatic heterocycles. The third kappa shape index (κ3) is 6.64. The molecular formula is C26H39N3O5. The van der Waals surface area contributed by atoms with Crippen LogP contribution in [-0.4, -0.2) is 52.1 Å². The van der Waals surface area contributed by atoms with Gasteiger partial charge in [-0.15, -0.1) is 0 Å². The van der Waals surface area contributed by atoms with Crippen molar-refractivity contribution in [2.45, 2.75) is 103 Å². The van der Waals surface area contributed by atoms with Crippen LogP contribution in [0.5, 0.6) is 5.75 Å². The molecule has 0 radical (unpaired) electrons. The van der Waals surface area contributed by atoms with Crippen LogP contribution in [0.2, 0.25) is 0 Å². The summed E-state index contributed by atoms with van der Waals surface area (Å²) in [7, 11) is 0. The van der Waals surface area contributed by atoms with Crippen LogP contribution in [-0.2, 0) is 14.3 Å². The molecule has 0 spiro atoms. The van der Waals surface area contributed by atoms with Crippen molar-refractivity contribution in [2.75, 3.05) is 6.54 Å². The Hall–Kier alpha value is -2.77. The van der Waals surface area contributed by atoms with Crippen LogP contribution in [0, 0.1) is 6.92 Å². The van der Waals surface area contributed by atoms with Crippen molar-refractivity contribution in [2.24, 2.45) is 0 Å². The predicted octanol–water partition coefficient (Wildman–Crippen LogP) is 4.10. The molecule has 1 aromatic rings. The Balaban J connectivity index is 1.87. The van der Waals surface area contributed by atoms with E-state index >= 15 is 0 Å². The largest absolute Gasteiger partial charge is 0.507 e. The van der Waals surface area contributed by atoms with Gasteiger partial charge in [0.15, 0.2) is 0 Å². The maximum absolute atomic E-state index is 13.7. The first-order valence-electron chi connectivity index (χ1n) is 12.4. The average molecular weight is 474 g/mol. The number of hydrogen-bond acceptors (Lipinski definition) is 5. The lowest BCUT2D eigenvalue weighted by atomic mass is 9.87. The summed E-state index contributed by atoms with van der Waals surface area (Å²) in [4.78, 5) is 40.8. The van der Waals surface area contributed by atoms with Crippen molar-refractivity contribution in [1.29, 1.82) is 0 Å². The topological polar surface area (TPSA) is 108 Å². The fourth-order valence-corrected chi connectivity index (χ4v) is 4.62. The average Bonchev–Trinajstić information content (AvgIpc) is 2.72. The number of para-hydroxylation sites is 1. The molecule has 8 nitrogen and oxygen atoms in total. The van der Waals surface area contributed by atoms with E-state index in [0.29, 0.717) is 11.1 Å². The van der Waals surface area contributed by atoms with Crippen molar-refractivity contribution in [3.8, 4) is 5.75 Å². The quantitative estimate of drug-likeness (QED) is 0.553. The van der Waals surface area contributed by atoms with Crippen LogP contribution >= 0.6 is 0 Å². The van der Waals surface area contributed by atoms with Gasteiger partial charge in [-0.05, 0) is 65.4 Å². The molecule has 2 saturated carbocycles. The van der Waals surface area contributed by atoms with Crippen molar-refractivity contribution >= 4 is 17.9 Å². The number of rotatable bonds is 7. The minimum Gasteiger partial charge on any atom is -0.507 e. The van der Waals surface area contributed by atoms with E-state index in [2.05, 4.69) is 10.6 Å². The molecule has 2 fully saturated rings. The smallest absolute Gasteiger partial charge is 0.408 e. The lowest BCUT2D eigenvalue weighted by Gasteiger charge is -2.42. The van der Waals surface area contributed by atoms with Gasteiger partial charge in [0.05, 0.1) is 0 Å². The number of benzene rings is 1. The van der Waals surface area contributed by atoms with Gasteiger partial charge in [0.1, 0.15) is 23.9 Å². The van der Waals surface area contributed by atoms with Crippen LogP contribution < -0.4 is 10.6 Å². The molecule has 2 aliphatic carbocycles. The van der Waals surface area contributed by atoms with Gasteiger partial charge >= 0.3 is 6.09 Å². The molecule has 0 bridgehead atoms. The van der Waals surface area contributed by atoms with Crippen LogP contribution in [0.15, 0.2) is 18.2 Å². The summed E-state index contributed by atoms with van der Waals surface area (Å²) in [5, 5.41) is 16.5. The lowest BCUT2D eigenvalue weighted by Crippen LogP contribution is -2.54. The molecule has 1 aromatic carbocycles. The zero-order chi connectivity index (χ0) is 24.9. The van der Waals surface area contributed by atoms with E-state index in [4.69, 9.17) is 4.74 Å². The van der Waals surface area contributed by atoms with Gasteiger partial charge in [-0.25, -0.2) is 4.79 Å². The fourth-order valence-electron chi connectivity index (χ4n) is 4.62. The summed E-state index contributed by atoms with van der Waals surface area (Å²) in [6, 6.07) is 4.22. The van der Waals surface area contributed by atoms with E-state index in [0.717, 1.165) is 51.4 Å². The number of phenols is 1. The summed E-state index contributed by atoms with van der Waals surface area (Å²) in [5.41, 5.74) is 0.364. The Kier molecular flexibility index (Phi) is 8.44. The highest BCUT2D eigenvalue weighted by Gasteiger charge is 2.40. The molecule has 1 atom stereocenters. The lowest BCUT2D eigenvalue weighted by molar-refractivity contribution is -0.145. The van der Waals surface area contributed by atoms with Gasteiger partial charge < -0.3 is 25.4 Å². The number of nitrogens with one attached hydrogen (secondary N) is 2. The first kappa shape index (κ1) is 25.8. The molecule has 3 rings (SSSR count). The Morgan fingerprint density at radius 3 is 2.35 bits per heavy atom. The Bertz CT molecular complexity index is 885. The normalized spacial score (nSPS) is 17.9. The Labute approximate surface area is 202 Å². The number of nitrogens with zero attached hydrogens (tertiary/aromatic N) is 1. The van der Waals surface area contributed by atoms with Crippen molar-refractivity contribution < 1.29 is 24.2 Å². The highest BCUT2D eigenvalue weighted by atomic mass is 16.6. The number of alkyl carbamates (subject to hydrolysis) is 1. The molecular weight excluding hydrogens is 434 g/mol. The third-order valence-electron chi connectivity index (χ3n) is 6.58. The summed E-state index contributed by atoms with van der Waals surface area (Å²) in [5.74, 6) is -0.644. The van der Waals surface area contributed by atoms with Crippen LogP contribution in [0.1, 0.15) is 89.3 Å². The van der Waals surface area contributed by atoms with E-state index in [9.17, 15) is 19.5 Å². The van der Waals surface area contributed by atoms with Crippen molar-refractivity contribution in [1.82, 2.24) is 15.5 Å². The minimum atomic E-state index is -0.972. The summed E-state index contributed by atoms with van der Waals surface area (Å²) in [6.07, 6.45) is 6.95. The highest BCUT2D eigenvalue weighted by molar-refractivity contribution is 5.91. The second kappa shape index (κ2) is 11.1. The first-order valence-corrected chi connectivity index (χ1v) is 12.4. The second-order valence-corrected chi connectivity index (χ2v) is 10.5. The molecule has 8 heteroatoms. The van der Waals surface area contributed by atoms with E-state index in [-0.39, 0.29) is 36.2 Å². The predicted molar refractivity (Wildman–Crippen MR) is 129 cm³/mol. The van der Waals surface area contributed by atoms with Crippen LogP contribution in [0.3, 0.4) is 0 Å². The van der Waals surface area contributed by atoms with Gasteiger partial charge in [-0.3, -0.25) is 9.59 Å². The molecule has 0 aliphatic heterocycles. The number of ether oxygens (including phenoxy) is 1. The Morgan fingerprint density at radius 2 is 1.76 bits per heavy atom. The van der Waals surface area contributed by atoms with Gasteiger partial charge in [0.2, 0.25) is 11.8 Å². The monoisotopic (exact) mass is 473 g/mol. The number of phenolic OH excluding ortho intramolecular Hbond substituents is 1. The number of carbonyl (C=O) groups excluding carboxylic acids is 3. The highest BCUT2D eigenvalue weighted by Crippen LogP contribution is 2.37. The van der Waals surface area contributed by atoms with E-state index in [1.807, 2.05) is 0 Å². The SMILES string of the molecule is Cc1cccc(C(C(=O)NC2CCCCC2)N(C(=O)CNC(=O)OC(C)(C)C)C2CCC2)c1O. The molecule has 0 saturated heterocycles. The Morgan fingerprint density at radius 1 is 1.09 bits per heavy atom. The van der Waals surface area contributed by atoms with Gasteiger partial charge in [-0.1, -0.05) is 37.5 Å². The molecule has 0 heterocycles. The standard InChI is InChI=1S/C26H39N3O5/c1-17-10-8-15-20(23(17)31)22(24(32)28-18-11-6-5-7-12-18)29(19-13-9-14-19)21(30)16-27-25(33)34-26(2,3)4/h8,10,15,18-19,22,31H,5-7,9,11-14,16H2,1-4H3,(H,27,33)(H,28,32). The summed E-state index contributed by atoms with van der Waals surface area (Å²) in [6.45, 7) is 6.74. The minimum absolute atomic E-state index is 0.0171. The maximum Gasteiger partial charge on any atom is 0.408 e. The zero-order valence-electron chi connectivity index (χ0n) is 20.9. The number of aryl methyl sites for hydroxylation is 1. The van der Waals surface area contributed by atoms with Crippen LogP contribution in [0.25, 0.3) is 0 Å². The first-order chi connectivity index (χ1) is 16.1. The fraction of sp³-hybridized carbons (Fsp3) is 0.654. The zero-order valence-corrected chi connectivity index (χ0v) is 20.9. The van der Waals surface area contributed by atoms with Gasteiger partial charge in [0, 0.05) is 17.6 Å². The van der Waals surface area contributed by atoms with Crippen molar-refractivity contribution in [3.63, 3.8) is 0 Å². The number of aromatic hydroxyl groups is 1. The van der Waals surface area contributed by atoms with Gasteiger partial charge in [-0.2, -0.15) is 0 Å². The van der Waals surface area contributed by atoms with Crippen LogP contribution in [0.4, 0.5) is 4.79 Å². The number of amides is 3. The summed E-state index contributed by atoms with van der Waals surface area (Å²) >= 11 is 0. The molecule has 3 N–H and O–H groups in total. The molecule has 34 heavy (non-hydrogen) atoms. The molecule has 1 unspecified atom stereocenters. The molecule has 188 valence electrons. The van der Waals surface area contributed by atoms with Crippen molar-refractivity contribution in [3.05, 3.63) is 29.3 Å². The third-order valence-corrected chi connectivity index (χ3v) is 6.58. The van der Waals surface area contributed by atoms with E-state index < -0.39 is 17.7 Å². The maximum atomic E-state index is 13.7. The summed E-state index contributed by atoms with van der Waals surface area (Å²) < 4.78 is 5.26. The van der Waals surface area contributed by atoms with E-state index in [1.165, 1.54) is 0 Å². The second-order valence-electron chi connectivity index (χ2n) is 10.5. The number of hydrogen-bond donors (Lipinski definition) is 3.